The molecular formula is C29H35N5O7. The Hall–Kier alpha value is -4.42. The number of carbonyl (C=O) groups is 4. The van der Waals surface area contributed by atoms with Gasteiger partial charge in [-0.25, -0.2) is 4.79 Å². The summed E-state index contributed by atoms with van der Waals surface area (Å²) in [6.45, 7) is 1.59. The summed E-state index contributed by atoms with van der Waals surface area (Å²) < 4.78 is 0. The van der Waals surface area contributed by atoms with Crippen LogP contribution in [-0.2, 0) is 32.0 Å². The second-order valence-corrected chi connectivity index (χ2v) is 10.4. The SMILES string of the molecule is CC(O)C(N)C(=O)NC(Cc1ccc(O)cc1)C(=O)NC(Cc1c[nH]c2ccccc12)C(=O)N1CCCC1C(=O)O. The Balaban J connectivity index is 1.63. The Morgan fingerprint density at radius 1 is 1.02 bits per heavy atom. The lowest BCUT2D eigenvalue weighted by Gasteiger charge is -2.29. The van der Waals surface area contributed by atoms with Gasteiger partial charge < -0.3 is 41.6 Å². The molecule has 1 saturated heterocycles. The van der Waals surface area contributed by atoms with E-state index in [0.717, 1.165) is 16.5 Å². The van der Waals surface area contributed by atoms with Crippen molar-refractivity contribution in [3.8, 4) is 5.75 Å². The van der Waals surface area contributed by atoms with Crippen LogP contribution in [0.1, 0.15) is 30.9 Å². The summed E-state index contributed by atoms with van der Waals surface area (Å²) in [5.74, 6) is -3.07. The van der Waals surface area contributed by atoms with E-state index in [1.54, 1.807) is 18.3 Å². The van der Waals surface area contributed by atoms with E-state index in [-0.39, 0.29) is 25.1 Å². The van der Waals surface area contributed by atoms with Crippen molar-refractivity contribution in [3.63, 3.8) is 0 Å². The lowest BCUT2D eigenvalue weighted by molar-refractivity contribution is -0.149. The number of phenols is 1. The summed E-state index contributed by atoms with van der Waals surface area (Å²) in [4.78, 5) is 56.5. The van der Waals surface area contributed by atoms with Crippen molar-refractivity contribution in [2.75, 3.05) is 6.54 Å². The van der Waals surface area contributed by atoms with E-state index in [1.165, 1.54) is 24.0 Å². The number of rotatable bonds is 11. The molecule has 2 aromatic carbocycles. The maximum Gasteiger partial charge on any atom is 0.326 e. The van der Waals surface area contributed by atoms with Crippen LogP contribution in [0, 0.1) is 0 Å². The average Bonchev–Trinajstić information content (AvgIpc) is 3.60. The van der Waals surface area contributed by atoms with Crippen molar-refractivity contribution < 1.29 is 34.5 Å². The van der Waals surface area contributed by atoms with E-state index >= 15 is 0 Å². The highest BCUT2D eigenvalue weighted by atomic mass is 16.4. The number of aliphatic hydroxyl groups excluding tert-OH is 1. The minimum Gasteiger partial charge on any atom is -0.508 e. The third-order valence-electron chi connectivity index (χ3n) is 7.37. The van der Waals surface area contributed by atoms with Gasteiger partial charge in [-0.15, -0.1) is 0 Å². The largest absolute Gasteiger partial charge is 0.508 e. The summed E-state index contributed by atoms with van der Waals surface area (Å²) in [5.41, 5.74) is 8.00. The van der Waals surface area contributed by atoms with Gasteiger partial charge in [0.1, 0.15) is 29.9 Å². The zero-order chi connectivity index (χ0) is 29.7. The molecule has 0 saturated carbocycles. The van der Waals surface area contributed by atoms with Gasteiger partial charge in [-0.2, -0.15) is 0 Å². The molecule has 0 bridgehead atoms. The molecule has 12 heteroatoms. The second kappa shape index (κ2) is 12.8. The third-order valence-corrected chi connectivity index (χ3v) is 7.37. The number of amides is 3. The first-order chi connectivity index (χ1) is 19.5. The summed E-state index contributed by atoms with van der Waals surface area (Å²) in [5, 5.41) is 35.3. The van der Waals surface area contributed by atoms with Gasteiger partial charge in [-0.3, -0.25) is 14.4 Å². The van der Waals surface area contributed by atoms with Crippen LogP contribution in [0.5, 0.6) is 5.75 Å². The Bertz CT molecular complexity index is 1400. The molecule has 5 atom stereocenters. The number of benzene rings is 2. The quantitative estimate of drug-likeness (QED) is 0.173. The summed E-state index contributed by atoms with van der Waals surface area (Å²) in [6.07, 6.45) is 1.47. The number of para-hydroxylation sites is 1. The zero-order valence-electron chi connectivity index (χ0n) is 22.6. The molecule has 218 valence electrons. The highest BCUT2D eigenvalue weighted by Crippen LogP contribution is 2.23. The fourth-order valence-corrected chi connectivity index (χ4v) is 5.04. The van der Waals surface area contributed by atoms with Crippen LogP contribution >= 0.6 is 0 Å². The number of phenolic OH excluding ortho intramolecular Hbond substituents is 1. The van der Waals surface area contributed by atoms with Crippen LogP contribution in [0.4, 0.5) is 0 Å². The number of carbonyl (C=O) groups excluding carboxylic acids is 3. The van der Waals surface area contributed by atoms with Gasteiger partial charge >= 0.3 is 5.97 Å². The van der Waals surface area contributed by atoms with Crippen LogP contribution in [0.25, 0.3) is 10.9 Å². The molecule has 1 fully saturated rings. The number of fused-ring (bicyclic) bond motifs is 1. The topological polar surface area (TPSA) is 198 Å². The van der Waals surface area contributed by atoms with Gasteiger partial charge in [0.2, 0.25) is 17.7 Å². The summed E-state index contributed by atoms with van der Waals surface area (Å²) >= 11 is 0. The van der Waals surface area contributed by atoms with Gasteiger partial charge in [-0.1, -0.05) is 30.3 Å². The number of nitrogens with two attached hydrogens (primary N) is 1. The van der Waals surface area contributed by atoms with Gasteiger partial charge in [0.05, 0.1) is 6.10 Å². The predicted octanol–water partition coefficient (Wildman–Crippen LogP) is 0.412. The van der Waals surface area contributed by atoms with E-state index in [0.29, 0.717) is 18.4 Å². The summed E-state index contributed by atoms with van der Waals surface area (Å²) in [7, 11) is 0. The number of hydrogen-bond donors (Lipinski definition) is 7. The molecule has 1 aliphatic heterocycles. The third kappa shape index (κ3) is 7.02. The van der Waals surface area contributed by atoms with Crippen LogP contribution in [0.3, 0.4) is 0 Å². The minimum atomic E-state index is -1.30. The number of H-pyrrole nitrogens is 1. The second-order valence-electron chi connectivity index (χ2n) is 10.4. The first kappa shape index (κ1) is 29.6. The van der Waals surface area contributed by atoms with Crippen molar-refractivity contribution >= 4 is 34.6 Å². The molecule has 2 heterocycles. The number of aromatic hydroxyl groups is 1. The van der Waals surface area contributed by atoms with Crippen molar-refractivity contribution in [1.29, 1.82) is 0 Å². The highest BCUT2D eigenvalue weighted by Gasteiger charge is 2.39. The molecule has 3 amide bonds. The van der Waals surface area contributed by atoms with E-state index in [2.05, 4.69) is 15.6 Å². The van der Waals surface area contributed by atoms with Gasteiger partial charge in [0, 0.05) is 36.5 Å². The molecule has 12 nitrogen and oxygen atoms in total. The van der Waals surface area contributed by atoms with E-state index in [1.807, 2.05) is 24.3 Å². The van der Waals surface area contributed by atoms with Crippen molar-refractivity contribution in [2.45, 2.75) is 62.9 Å². The normalized spacial score (nSPS) is 17.9. The smallest absolute Gasteiger partial charge is 0.326 e. The van der Waals surface area contributed by atoms with E-state index < -0.39 is 54.0 Å². The highest BCUT2D eigenvalue weighted by molar-refractivity contribution is 5.95. The Kier molecular flexibility index (Phi) is 9.25. The molecule has 1 aliphatic rings. The zero-order valence-corrected chi connectivity index (χ0v) is 22.6. The molecule has 5 unspecified atom stereocenters. The van der Waals surface area contributed by atoms with Crippen molar-refractivity contribution in [2.24, 2.45) is 5.73 Å². The molecular weight excluding hydrogens is 530 g/mol. The first-order valence-electron chi connectivity index (χ1n) is 13.5. The number of aliphatic carboxylic acids is 1. The van der Waals surface area contributed by atoms with Gasteiger partial charge in [0.15, 0.2) is 0 Å². The van der Waals surface area contributed by atoms with Crippen LogP contribution in [0.15, 0.2) is 54.7 Å². The molecule has 8 N–H and O–H groups in total. The fraction of sp³-hybridized carbons (Fsp3) is 0.379. The maximum absolute atomic E-state index is 13.8. The minimum absolute atomic E-state index is 0.000155. The average molecular weight is 566 g/mol. The molecule has 0 aliphatic carbocycles. The van der Waals surface area contributed by atoms with Gasteiger partial charge in [0.25, 0.3) is 0 Å². The lowest BCUT2D eigenvalue weighted by Crippen LogP contribution is -2.59. The molecule has 0 spiro atoms. The number of nitrogens with one attached hydrogen (secondary N) is 3. The maximum atomic E-state index is 13.8. The Morgan fingerprint density at radius 2 is 1.71 bits per heavy atom. The number of aromatic nitrogens is 1. The number of nitrogens with zero attached hydrogens (tertiary/aromatic N) is 1. The number of hydrogen-bond acceptors (Lipinski definition) is 7. The number of carboxylic acids is 1. The first-order valence-corrected chi connectivity index (χ1v) is 13.5. The van der Waals surface area contributed by atoms with Crippen molar-refractivity contribution in [1.82, 2.24) is 20.5 Å². The van der Waals surface area contributed by atoms with Crippen LogP contribution < -0.4 is 16.4 Å². The van der Waals surface area contributed by atoms with Gasteiger partial charge in [-0.05, 0) is 49.1 Å². The molecule has 1 aromatic heterocycles. The fourth-order valence-electron chi connectivity index (χ4n) is 5.04. The lowest BCUT2D eigenvalue weighted by atomic mass is 10.0. The van der Waals surface area contributed by atoms with E-state index in [9.17, 15) is 34.5 Å². The molecule has 4 rings (SSSR count). The molecule has 41 heavy (non-hydrogen) atoms. The Labute approximate surface area is 236 Å². The monoisotopic (exact) mass is 565 g/mol. The predicted molar refractivity (Wildman–Crippen MR) is 150 cm³/mol. The van der Waals surface area contributed by atoms with Crippen LogP contribution in [0.2, 0.25) is 0 Å². The van der Waals surface area contributed by atoms with E-state index in [4.69, 9.17) is 5.73 Å². The van der Waals surface area contributed by atoms with Crippen LogP contribution in [-0.4, -0.2) is 85.7 Å². The molecule has 3 aromatic rings. The Morgan fingerprint density at radius 3 is 2.39 bits per heavy atom. The standard InChI is InChI=1S/C29H35N5O7/c1-16(35)25(30)27(38)32-22(13-17-8-10-19(36)11-9-17)26(37)33-23(28(39)34-12-4-7-24(34)29(40)41)14-18-15-31-21-6-3-2-5-20(18)21/h2-3,5-6,8-11,15-16,22-25,31,35-36H,4,7,12-14,30H2,1H3,(H,32,38)(H,33,37)(H,40,41). The number of likely N-dealkylation sites (tertiary alicyclic amines) is 1. The van der Waals surface area contributed by atoms with Crippen molar-refractivity contribution in [3.05, 3.63) is 65.9 Å². The summed E-state index contributed by atoms with van der Waals surface area (Å²) in [6, 6.07) is 8.92. The number of carboxylic acid groups (broad SMARTS) is 1. The molecule has 0 radical (unpaired) electrons. The number of aromatic amines is 1. The number of aliphatic hydroxyl groups is 1.